The summed E-state index contributed by atoms with van der Waals surface area (Å²) in [5, 5.41) is 0. The number of halogens is 1. The molecule has 18 heavy (non-hydrogen) atoms. The van der Waals surface area contributed by atoms with Gasteiger partial charge in [-0.1, -0.05) is 46.8 Å². The fourth-order valence-corrected chi connectivity index (χ4v) is 2.81. The van der Waals surface area contributed by atoms with Crippen molar-refractivity contribution >= 4 is 0 Å². The summed E-state index contributed by atoms with van der Waals surface area (Å²) in [5.74, 6) is 1.32. The summed E-state index contributed by atoms with van der Waals surface area (Å²) in [7, 11) is 0. The van der Waals surface area contributed by atoms with Crippen molar-refractivity contribution in [1.82, 2.24) is 0 Å². The smallest absolute Gasteiger partial charge is 0.123 e. The molecule has 0 saturated heterocycles. The van der Waals surface area contributed by atoms with Crippen molar-refractivity contribution in [3.63, 3.8) is 0 Å². The van der Waals surface area contributed by atoms with Gasteiger partial charge in [0.25, 0.3) is 0 Å². The Labute approximate surface area is 112 Å². The lowest BCUT2D eigenvalue weighted by Gasteiger charge is -2.27. The lowest BCUT2D eigenvalue weighted by molar-refractivity contribution is 0.244. The molecule has 1 aliphatic rings. The third-order valence-corrected chi connectivity index (χ3v) is 4.00. The largest absolute Gasteiger partial charge is 0.207 e. The van der Waals surface area contributed by atoms with Gasteiger partial charge in [0.1, 0.15) is 5.82 Å². The van der Waals surface area contributed by atoms with E-state index in [0.717, 1.165) is 5.92 Å². The molecule has 0 bridgehead atoms. The zero-order valence-electron chi connectivity index (χ0n) is 12.5. The highest BCUT2D eigenvalue weighted by Crippen LogP contribution is 2.46. The first kappa shape index (κ1) is 15.2. The van der Waals surface area contributed by atoms with E-state index in [1.54, 1.807) is 12.1 Å². The van der Waals surface area contributed by atoms with E-state index in [2.05, 4.69) is 20.8 Å². The molecule has 0 radical (unpaired) electrons. The maximum atomic E-state index is 12.8. The zero-order valence-corrected chi connectivity index (χ0v) is 12.5. The van der Waals surface area contributed by atoms with Crippen LogP contribution in [0.3, 0.4) is 0 Å². The minimum Gasteiger partial charge on any atom is -0.207 e. The lowest BCUT2D eigenvalue weighted by atomic mass is 9.79. The summed E-state index contributed by atoms with van der Waals surface area (Å²) in [6.07, 6.45) is 3.83. The molecule has 2 unspecified atom stereocenters. The van der Waals surface area contributed by atoms with Crippen molar-refractivity contribution in [2.45, 2.75) is 59.8 Å². The predicted molar refractivity (Wildman–Crippen MR) is 77.3 cm³/mol. The Kier molecular flexibility index (Phi) is 5.37. The van der Waals surface area contributed by atoms with E-state index in [9.17, 15) is 4.39 Å². The van der Waals surface area contributed by atoms with Crippen LogP contribution >= 0.6 is 0 Å². The van der Waals surface area contributed by atoms with Gasteiger partial charge >= 0.3 is 0 Å². The molecule has 2 rings (SSSR count). The van der Waals surface area contributed by atoms with Gasteiger partial charge in [-0.3, -0.25) is 0 Å². The van der Waals surface area contributed by atoms with Gasteiger partial charge in [-0.2, -0.15) is 0 Å². The highest BCUT2D eigenvalue weighted by atomic mass is 19.1. The van der Waals surface area contributed by atoms with E-state index in [4.69, 9.17) is 0 Å². The van der Waals surface area contributed by atoms with Crippen LogP contribution < -0.4 is 0 Å². The Morgan fingerprint density at radius 3 is 2.00 bits per heavy atom. The highest BCUT2D eigenvalue weighted by molar-refractivity contribution is 5.21. The lowest BCUT2D eigenvalue weighted by Crippen LogP contribution is -2.17. The van der Waals surface area contributed by atoms with Crippen molar-refractivity contribution in [1.29, 1.82) is 0 Å². The SMILES string of the molecule is CC.CC(C)(C)C1CCC(c2ccc(F)cc2)C1. The molecule has 1 aliphatic carbocycles. The summed E-state index contributed by atoms with van der Waals surface area (Å²) < 4.78 is 12.8. The Morgan fingerprint density at radius 2 is 1.56 bits per heavy atom. The van der Waals surface area contributed by atoms with Crippen LogP contribution in [0.4, 0.5) is 4.39 Å². The third-order valence-electron chi connectivity index (χ3n) is 4.00. The molecule has 0 amide bonds. The standard InChI is InChI=1S/C15H21F.C2H6/c1-15(2,3)13-7-4-12(10-13)11-5-8-14(16)9-6-11;1-2/h5-6,8-9,12-13H,4,7,10H2,1-3H3;1-2H3. The van der Waals surface area contributed by atoms with Gasteiger partial charge in [0.05, 0.1) is 0 Å². The van der Waals surface area contributed by atoms with Gasteiger partial charge in [-0.25, -0.2) is 4.39 Å². The van der Waals surface area contributed by atoms with Crippen LogP contribution in [0, 0.1) is 17.2 Å². The first-order valence-corrected chi connectivity index (χ1v) is 7.22. The van der Waals surface area contributed by atoms with E-state index in [0.29, 0.717) is 11.3 Å². The Hall–Kier alpha value is -0.850. The quantitative estimate of drug-likeness (QED) is 0.592. The van der Waals surface area contributed by atoms with Crippen LogP contribution in [-0.2, 0) is 0 Å². The van der Waals surface area contributed by atoms with E-state index in [1.807, 2.05) is 26.0 Å². The fourth-order valence-electron chi connectivity index (χ4n) is 2.81. The third kappa shape index (κ3) is 3.83. The first-order chi connectivity index (χ1) is 8.47. The van der Waals surface area contributed by atoms with Crippen LogP contribution in [0.15, 0.2) is 24.3 Å². The Bertz CT molecular complexity index is 345. The molecule has 0 nitrogen and oxygen atoms in total. The fraction of sp³-hybridized carbons (Fsp3) is 0.647. The van der Waals surface area contributed by atoms with Gasteiger partial charge in [0.15, 0.2) is 0 Å². The van der Waals surface area contributed by atoms with Crippen LogP contribution in [0.1, 0.15) is 65.4 Å². The van der Waals surface area contributed by atoms with Gasteiger partial charge in [0.2, 0.25) is 0 Å². The van der Waals surface area contributed by atoms with Crippen molar-refractivity contribution in [3.8, 4) is 0 Å². The minimum atomic E-state index is -0.130. The molecule has 0 N–H and O–H groups in total. The second-order valence-electron chi connectivity index (χ2n) is 6.12. The van der Waals surface area contributed by atoms with Crippen LogP contribution in [-0.4, -0.2) is 0 Å². The van der Waals surface area contributed by atoms with E-state index in [1.165, 1.54) is 24.8 Å². The monoisotopic (exact) mass is 250 g/mol. The maximum absolute atomic E-state index is 12.8. The van der Waals surface area contributed by atoms with Crippen LogP contribution in [0.2, 0.25) is 0 Å². The van der Waals surface area contributed by atoms with E-state index >= 15 is 0 Å². The molecule has 1 aromatic carbocycles. The summed E-state index contributed by atoms with van der Waals surface area (Å²) in [6.45, 7) is 11.0. The Morgan fingerprint density at radius 1 is 1.00 bits per heavy atom. The van der Waals surface area contributed by atoms with E-state index in [-0.39, 0.29) is 5.82 Å². The second-order valence-corrected chi connectivity index (χ2v) is 6.12. The number of hydrogen-bond acceptors (Lipinski definition) is 0. The van der Waals surface area contributed by atoms with Gasteiger partial charge in [-0.05, 0) is 54.2 Å². The number of rotatable bonds is 1. The Balaban J connectivity index is 0.000000771. The molecule has 0 aromatic heterocycles. The van der Waals surface area contributed by atoms with Crippen molar-refractivity contribution in [2.75, 3.05) is 0 Å². The number of hydrogen-bond donors (Lipinski definition) is 0. The normalized spacial score (nSPS) is 23.4. The topological polar surface area (TPSA) is 0 Å². The molecular weight excluding hydrogens is 223 g/mol. The highest BCUT2D eigenvalue weighted by Gasteiger charge is 2.33. The summed E-state index contributed by atoms with van der Waals surface area (Å²) in [4.78, 5) is 0. The average Bonchev–Trinajstić information content (AvgIpc) is 2.82. The molecule has 1 heteroatoms. The molecule has 1 aromatic rings. The van der Waals surface area contributed by atoms with Gasteiger partial charge < -0.3 is 0 Å². The van der Waals surface area contributed by atoms with Crippen molar-refractivity contribution in [2.24, 2.45) is 11.3 Å². The van der Waals surface area contributed by atoms with Crippen LogP contribution in [0.5, 0.6) is 0 Å². The van der Waals surface area contributed by atoms with Gasteiger partial charge in [0, 0.05) is 0 Å². The van der Waals surface area contributed by atoms with Crippen LogP contribution in [0.25, 0.3) is 0 Å². The summed E-state index contributed by atoms with van der Waals surface area (Å²) in [5.41, 5.74) is 1.72. The summed E-state index contributed by atoms with van der Waals surface area (Å²) >= 11 is 0. The molecule has 2 atom stereocenters. The molecule has 0 heterocycles. The predicted octanol–water partition coefficient (Wildman–Crippen LogP) is 5.78. The van der Waals surface area contributed by atoms with Gasteiger partial charge in [-0.15, -0.1) is 0 Å². The number of benzene rings is 1. The maximum Gasteiger partial charge on any atom is 0.123 e. The summed E-state index contributed by atoms with van der Waals surface area (Å²) in [6, 6.07) is 7.07. The molecule has 1 saturated carbocycles. The average molecular weight is 250 g/mol. The molecule has 1 fully saturated rings. The molecule has 0 spiro atoms. The van der Waals surface area contributed by atoms with Crippen molar-refractivity contribution < 1.29 is 4.39 Å². The second kappa shape index (κ2) is 6.36. The van der Waals surface area contributed by atoms with Crippen molar-refractivity contribution in [3.05, 3.63) is 35.6 Å². The first-order valence-electron chi connectivity index (χ1n) is 7.22. The van der Waals surface area contributed by atoms with E-state index < -0.39 is 0 Å². The minimum absolute atomic E-state index is 0.130. The zero-order chi connectivity index (χ0) is 13.8. The molecular formula is C17H27F. The molecule has 102 valence electrons. The molecule has 0 aliphatic heterocycles.